The first kappa shape index (κ1) is 29.8. The predicted octanol–water partition coefficient (Wildman–Crippen LogP) is 4.55. The van der Waals surface area contributed by atoms with E-state index >= 15 is 0 Å². The highest BCUT2D eigenvalue weighted by Gasteiger charge is 2.36. The number of nitrogens with zero attached hydrogens (tertiary/aromatic N) is 4. The van der Waals surface area contributed by atoms with Crippen LogP contribution < -0.4 is 10.2 Å². The van der Waals surface area contributed by atoms with Crippen LogP contribution in [0.1, 0.15) is 6.42 Å². The summed E-state index contributed by atoms with van der Waals surface area (Å²) in [6.45, 7) is 5.82. The van der Waals surface area contributed by atoms with Crippen molar-refractivity contribution in [2.24, 2.45) is 0 Å². The number of hydrogen-bond acceptors (Lipinski definition) is 6. The standard InChI is InChI=1S/C27H31N5OS.3ClH/c33-27(32-14-15-34-19-32)25-16-21(18-28-25)30-10-12-31(13-11-30)26-17-24(20-6-2-1-3-7-20)29-23-9-5-4-8-22(23)26;;;/h1-9,17,21,25,28H,10-16,18-19H2;3*1H. The van der Waals surface area contributed by atoms with E-state index in [1.807, 2.05) is 22.7 Å². The van der Waals surface area contributed by atoms with Gasteiger partial charge in [0, 0.05) is 67.7 Å². The number of fused-ring (bicyclic) bond motifs is 1. The van der Waals surface area contributed by atoms with Crippen LogP contribution in [0, 0.1) is 0 Å². The molecule has 3 aliphatic rings. The van der Waals surface area contributed by atoms with Crippen LogP contribution in [-0.4, -0.2) is 83.7 Å². The van der Waals surface area contributed by atoms with Crippen LogP contribution in [0.15, 0.2) is 60.7 Å². The molecule has 3 saturated heterocycles. The average Bonchev–Trinajstić information content (AvgIpc) is 3.61. The quantitative estimate of drug-likeness (QED) is 0.487. The molecule has 3 aromatic rings. The molecular weight excluding hydrogens is 549 g/mol. The van der Waals surface area contributed by atoms with Crippen molar-refractivity contribution in [3.8, 4) is 11.3 Å². The van der Waals surface area contributed by atoms with Gasteiger partial charge in [-0.25, -0.2) is 4.98 Å². The first-order valence-corrected chi connectivity index (χ1v) is 13.5. The largest absolute Gasteiger partial charge is 0.368 e. The minimum atomic E-state index is -0.0145. The summed E-state index contributed by atoms with van der Waals surface area (Å²) >= 11 is 1.85. The Morgan fingerprint density at radius 2 is 1.65 bits per heavy atom. The minimum Gasteiger partial charge on any atom is -0.368 e. The van der Waals surface area contributed by atoms with E-state index in [1.165, 1.54) is 11.1 Å². The van der Waals surface area contributed by atoms with Crippen LogP contribution in [0.4, 0.5) is 5.69 Å². The number of halogens is 3. The summed E-state index contributed by atoms with van der Waals surface area (Å²) in [5.74, 6) is 2.22. The lowest BCUT2D eigenvalue weighted by Crippen LogP contribution is -2.51. The molecule has 37 heavy (non-hydrogen) atoms. The topological polar surface area (TPSA) is 51.7 Å². The molecule has 1 amide bonds. The zero-order valence-corrected chi connectivity index (χ0v) is 23.9. The van der Waals surface area contributed by atoms with Crippen LogP contribution in [-0.2, 0) is 4.79 Å². The molecule has 3 fully saturated rings. The van der Waals surface area contributed by atoms with Crippen molar-refractivity contribution in [3.05, 3.63) is 60.7 Å². The van der Waals surface area contributed by atoms with Gasteiger partial charge in [-0.15, -0.1) is 49.0 Å². The Labute approximate surface area is 241 Å². The Bertz CT molecular complexity index is 1170. The van der Waals surface area contributed by atoms with Crippen molar-refractivity contribution in [2.45, 2.75) is 18.5 Å². The van der Waals surface area contributed by atoms with E-state index < -0.39 is 0 Å². The maximum Gasteiger partial charge on any atom is 0.240 e. The molecule has 200 valence electrons. The third-order valence-electron chi connectivity index (χ3n) is 7.41. The molecular formula is C27H34Cl3N5OS. The molecule has 6 rings (SSSR count). The monoisotopic (exact) mass is 581 g/mol. The molecule has 0 bridgehead atoms. The first-order valence-electron chi connectivity index (χ1n) is 12.3. The number of para-hydroxylation sites is 1. The Morgan fingerprint density at radius 3 is 2.38 bits per heavy atom. The number of carbonyl (C=O) groups excluding carboxylic acids is 1. The second kappa shape index (κ2) is 13.4. The molecule has 0 saturated carbocycles. The van der Waals surface area contributed by atoms with Gasteiger partial charge < -0.3 is 15.1 Å². The number of piperazine rings is 1. The molecule has 0 radical (unpaired) electrons. The van der Waals surface area contributed by atoms with Crippen molar-refractivity contribution in [1.82, 2.24) is 20.1 Å². The van der Waals surface area contributed by atoms with Crippen molar-refractivity contribution >= 4 is 71.5 Å². The smallest absolute Gasteiger partial charge is 0.240 e. The zero-order chi connectivity index (χ0) is 22.9. The molecule has 2 unspecified atom stereocenters. The number of anilines is 1. The van der Waals surface area contributed by atoms with Gasteiger partial charge in [-0.1, -0.05) is 48.5 Å². The van der Waals surface area contributed by atoms with Gasteiger partial charge in [-0.2, -0.15) is 0 Å². The molecule has 2 atom stereocenters. The number of hydrogen-bond donors (Lipinski definition) is 1. The first-order chi connectivity index (χ1) is 16.8. The Hall–Kier alpha value is -1.74. The molecule has 0 aliphatic carbocycles. The molecule has 3 aliphatic heterocycles. The predicted molar refractivity (Wildman–Crippen MR) is 162 cm³/mol. The summed E-state index contributed by atoms with van der Waals surface area (Å²) in [4.78, 5) is 24.9. The van der Waals surface area contributed by atoms with E-state index in [0.29, 0.717) is 11.9 Å². The minimum absolute atomic E-state index is 0. The van der Waals surface area contributed by atoms with Crippen LogP contribution in [0.2, 0.25) is 0 Å². The Morgan fingerprint density at radius 1 is 0.919 bits per heavy atom. The van der Waals surface area contributed by atoms with Crippen molar-refractivity contribution < 1.29 is 4.79 Å². The van der Waals surface area contributed by atoms with Gasteiger partial charge in [0.05, 0.1) is 23.1 Å². The van der Waals surface area contributed by atoms with Gasteiger partial charge in [-0.3, -0.25) is 9.69 Å². The normalized spacial score (nSPS) is 21.7. The average molecular weight is 583 g/mol. The number of thioether (sulfide) groups is 1. The molecule has 0 spiro atoms. The SMILES string of the molecule is Cl.Cl.Cl.O=C(C1CC(N2CCN(c3cc(-c4ccccc4)nc4ccccc34)CC2)CN1)N1CCSC1. The van der Waals surface area contributed by atoms with Gasteiger partial charge >= 0.3 is 0 Å². The lowest BCUT2D eigenvalue weighted by molar-refractivity contribution is -0.131. The van der Waals surface area contributed by atoms with E-state index in [1.54, 1.807) is 0 Å². The van der Waals surface area contributed by atoms with Gasteiger partial charge in [0.25, 0.3) is 0 Å². The van der Waals surface area contributed by atoms with E-state index in [0.717, 1.165) is 74.1 Å². The van der Waals surface area contributed by atoms with E-state index in [2.05, 4.69) is 69.7 Å². The summed E-state index contributed by atoms with van der Waals surface area (Å²) in [7, 11) is 0. The second-order valence-corrected chi connectivity index (χ2v) is 10.5. The summed E-state index contributed by atoms with van der Waals surface area (Å²) in [6, 6.07) is 21.6. The molecule has 1 N–H and O–H groups in total. The molecule has 4 heterocycles. The number of nitrogens with one attached hydrogen (secondary N) is 1. The van der Waals surface area contributed by atoms with Gasteiger partial charge in [0.1, 0.15) is 0 Å². The molecule has 6 nitrogen and oxygen atoms in total. The lowest BCUT2D eigenvalue weighted by atomic mass is 10.1. The van der Waals surface area contributed by atoms with Gasteiger partial charge in [0.15, 0.2) is 0 Å². The van der Waals surface area contributed by atoms with Crippen molar-refractivity contribution in [2.75, 3.05) is 55.8 Å². The van der Waals surface area contributed by atoms with E-state index in [-0.39, 0.29) is 43.3 Å². The van der Waals surface area contributed by atoms with Gasteiger partial charge in [-0.05, 0) is 18.6 Å². The number of aromatic nitrogens is 1. The number of carbonyl (C=O) groups is 1. The number of pyridine rings is 1. The van der Waals surface area contributed by atoms with E-state index in [4.69, 9.17) is 4.98 Å². The highest BCUT2D eigenvalue weighted by atomic mass is 35.5. The fourth-order valence-corrected chi connectivity index (χ4v) is 6.45. The summed E-state index contributed by atoms with van der Waals surface area (Å²) < 4.78 is 0. The fourth-order valence-electron chi connectivity index (χ4n) is 5.49. The maximum atomic E-state index is 12.8. The van der Waals surface area contributed by atoms with Crippen molar-refractivity contribution in [3.63, 3.8) is 0 Å². The maximum absolute atomic E-state index is 12.8. The molecule has 1 aromatic heterocycles. The van der Waals surface area contributed by atoms with Gasteiger partial charge in [0.2, 0.25) is 5.91 Å². The summed E-state index contributed by atoms with van der Waals surface area (Å²) in [5, 5.41) is 4.72. The Balaban J connectivity index is 0.00000127. The number of benzene rings is 2. The highest BCUT2D eigenvalue weighted by molar-refractivity contribution is 7.99. The van der Waals surface area contributed by atoms with Crippen LogP contribution in [0.5, 0.6) is 0 Å². The third-order valence-corrected chi connectivity index (χ3v) is 8.37. The van der Waals surface area contributed by atoms with Crippen LogP contribution >= 0.6 is 49.0 Å². The summed E-state index contributed by atoms with van der Waals surface area (Å²) in [5.41, 5.74) is 4.49. The third kappa shape index (κ3) is 6.29. The summed E-state index contributed by atoms with van der Waals surface area (Å²) in [6.07, 6.45) is 0.927. The number of amides is 1. The second-order valence-electron chi connectivity index (χ2n) is 9.42. The molecule has 2 aromatic carbocycles. The van der Waals surface area contributed by atoms with Crippen LogP contribution in [0.25, 0.3) is 22.2 Å². The lowest BCUT2D eigenvalue weighted by Gasteiger charge is -2.39. The number of rotatable bonds is 4. The van der Waals surface area contributed by atoms with E-state index in [9.17, 15) is 4.79 Å². The van der Waals surface area contributed by atoms with Crippen LogP contribution in [0.3, 0.4) is 0 Å². The zero-order valence-electron chi connectivity index (χ0n) is 20.6. The van der Waals surface area contributed by atoms with Crippen molar-refractivity contribution in [1.29, 1.82) is 0 Å². The highest BCUT2D eigenvalue weighted by Crippen LogP contribution is 2.32. The fraction of sp³-hybridized carbons (Fsp3) is 0.407. The molecule has 10 heteroatoms. The Kier molecular flexibility index (Phi) is 10.8.